The average Bonchev–Trinajstić information content (AvgIpc) is 2.42. The lowest BCUT2D eigenvalue weighted by Crippen LogP contribution is -2.10. The molecule has 3 heteroatoms. The summed E-state index contributed by atoms with van der Waals surface area (Å²) >= 11 is 0. The van der Waals surface area contributed by atoms with Crippen LogP contribution in [0.3, 0.4) is 0 Å². The molecule has 0 N–H and O–H groups in total. The first-order chi connectivity index (χ1) is 9.22. The van der Waals surface area contributed by atoms with Crippen molar-refractivity contribution in [3.8, 4) is 0 Å². The number of carbonyl (C=O) groups is 1. The highest BCUT2D eigenvalue weighted by molar-refractivity contribution is 5.87. The lowest BCUT2D eigenvalue weighted by atomic mass is 10.1. The molecular formula is C16H28O3. The van der Waals surface area contributed by atoms with Crippen LogP contribution in [0.2, 0.25) is 0 Å². The van der Waals surface area contributed by atoms with Crippen molar-refractivity contribution < 1.29 is 14.3 Å². The summed E-state index contributed by atoms with van der Waals surface area (Å²) in [4.78, 5) is 11.5. The zero-order valence-corrected chi connectivity index (χ0v) is 12.3. The average molecular weight is 268 g/mol. The molecule has 0 aromatic rings. The molecule has 0 aliphatic carbocycles. The molecule has 0 radical (unpaired) electrons. The topological polar surface area (TPSA) is 35.5 Å². The Labute approximate surface area is 117 Å². The van der Waals surface area contributed by atoms with Crippen molar-refractivity contribution in [1.82, 2.24) is 0 Å². The summed E-state index contributed by atoms with van der Waals surface area (Å²) in [6.45, 7) is 9.83. The molecule has 110 valence electrons. The Bertz CT molecular complexity index is 259. The van der Waals surface area contributed by atoms with E-state index >= 15 is 0 Å². The third-order valence-corrected chi connectivity index (χ3v) is 2.88. The molecule has 0 heterocycles. The fourth-order valence-electron chi connectivity index (χ4n) is 1.73. The molecule has 0 amide bonds. The molecular weight excluding hydrogens is 240 g/mol. The van der Waals surface area contributed by atoms with Gasteiger partial charge in [-0.25, -0.2) is 4.79 Å². The zero-order valence-electron chi connectivity index (χ0n) is 12.3. The predicted molar refractivity (Wildman–Crippen MR) is 78.9 cm³/mol. The molecule has 0 rings (SSSR count). The minimum absolute atomic E-state index is 0.0269. The van der Waals surface area contributed by atoms with Gasteiger partial charge in [0.05, 0.1) is 6.61 Å². The number of ether oxygens (including phenoxy) is 2. The van der Waals surface area contributed by atoms with Crippen LogP contribution in [-0.2, 0) is 14.3 Å². The summed E-state index contributed by atoms with van der Waals surface area (Å²) in [5.41, 5.74) is 0.538. The summed E-state index contributed by atoms with van der Waals surface area (Å²) < 4.78 is 9.89. The van der Waals surface area contributed by atoms with E-state index in [2.05, 4.69) is 20.1 Å². The fraction of sp³-hybridized carbons (Fsp3) is 0.688. The molecule has 0 atom stereocenters. The lowest BCUT2D eigenvalue weighted by molar-refractivity contribution is -0.150. The summed E-state index contributed by atoms with van der Waals surface area (Å²) in [6.07, 6.45) is 10.9. The Kier molecular flexibility index (Phi) is 12.6. The van der Waals surface area contributed by atoms with Gasteiger partial charge in [0, 0.05) is 5.57 Å². The molecule has 3 nitrogen and oxygen atoms in total. The second-order valence-electron chi connectivity index (χ2n) is 4.68. The van der Waals surface area contributed by atoms with Gasteiger partial charge in [0.15, 0.2) is 6.79 Å². The smallest absolute Gasteiger partial charge is 0.335 e. The van der Waals surface area contributed by atoms with Crippen molar-refractivity contribution in [2.24, 2.45) is 0 Å². The molecule has 0 aromatic heterocycles. The SMILES string of the molecule is C=CCOCOC(=O)C(=C)CCCCCCCCC. The van der Waals surface area contributed by atoms with E-state index in [1.165, 1.54) is 32.1 Å². The molecule has 0 bridgehead atoms. The van der Waals surface area contributed by atoms with E-state index in [-0.39, 0.29) is 12.8 Å². The first-order valence-corrected chi connectivity index (χ1v) is 7.25. The van der Waals surface area contributed by atoms with Crippen molar-refractivity contribution in [3.63, 3.8) is 0 Å². The normalized spacial score (nSPS) is 10.2. The van der Waals surface area contributed by atoms with Crippen molar-refractivity contribution in [2.45, 2.75) is 58.3 Å². The van der Waals surface area contributed by atoms with Crippen LogP contribution in [0.25, 0.3) is 0 Å². The second-order valence-corrected chi connectivity index (χ2v) is 4.68. The van der Waals surface area contributed by atoms with E-state index in [4.69, 9.17) is 9.47 Å². The van der Waals surface area contributed by atoms with E-state index in [9.17, 15) is 4.79 Å². The van der Waals surface area contributed by atoms with Gasteiger partial charge in [-0.2, -0.15) is 0 Å². The molecule has 0 spiro atoms. The van der Waals surface area contributed by atoms with Crippen LogP contribution in [0.15, 0.2) is 24.8 Å². The van der Waals surface area contributed by atoms with E-state index in [0.29, 0.717) is 18.6 Å². The molecule has 0 aliphatic rings. The highest BCUT2D eigenvalue weighted by atomic mass is 16.7. The minimum Gasteiger partial charge on any atom is -0.435 e. The highest BCUT2D eigenvalue weighted by Crippen LogP contribution is 2.12. The van der Waals surface area contributed by atoms with Crippen molar-refractivity contribution in [1.29, 1.82) is 0 Å². The second kappa shape index (κ2) is 13.3. The third kappa shape index (κ3) is 11.7. The van der Waals surface area contributed by atoms with Crippen LogP contribution in [0.4, 0.5) is 0 Å². The van der Waals surface area contributed by atoms with E-state index < -0.39 is 0 Å². The molecule has 0 saturated heterocycles. The van der Waals surface area contributed by atoms with E-state index in [1.807, 2.05) is 0 Å². The number of hydrogen-bond donors (Lipinski definition) is 0. The Balaban J connectivity index is 3.41. The van der Waals surface area contributed by atoms with Crippen molar-refractivity contribution in [3.05, 3.63) is 24.8 Å². The van der Waals surface area contributed by atoms with E-state index in [0.717, 1.165) is 12.8 Å². The van der Waals surface area contributed by atoms with Gasteiger partial charge in [0.2, 0.25) is 0 Å². The molecule has 0 aliphatic heterocycles. The summed E-state index contributed by atoms with van der Waals surface area (Å²) in [5, 5.41) is 0. The number of rotatable bonds is 13. The van der Waals surface area contributed by atoms with Crippen LogP contribution in [0.5, 0.6) is 0 Å². The van der Waals surface area contributed by atoms with Gasteiger partial charge in [-0.15, -0.1) is 6.58 Å². The van der Waals surface area contributed by atoms with Crippen molar-refractivity contribution >= 4 is 5.97 Å². The van der Waals surface area contributed by atoms with Crippen LogP contribution < -0.4 is 0 Å². The molecule has 19 heavy (non-hydrogen) atoms. The lowest BCUT2D eigenvalue weighted by Gasteiger charge is -2.07. The predicted octanol–water partition coefficient (Wildman–Crippen LogP) is 4.39. The largest absolute Gasteiger partial charge is 0.435 e. The first kappa shape index (κ1) is 17.9. The maximum atomic E-state index is 11.5. The maximum Gasteiger partial charge on any atom is 0.335 e. The summed E-state index contributed by atoms with van der Waals surface area (Å²) in [6, 6.07) is 0. The van der Waals surface area contributed by atoms with Crippen LogP contribution >= 0.6 is 0 Å². The quantitative estimate of drug-likeness (QED) is 0.163. The van der Waals surface area contributed by atoms with E-state index in [1.54, 1.807) is 6.08 Å². The third-order valence-electron chi connectivity index (χ3n) is 2.88. The van der Waals surface area contributed by atoms with Crippen LogP contribution in [-0.4, -0.2) is 19.4 Å². The zero-order chi connectivity index (χ0) is 14.3. The molecule has 0 fully saturated rings. The Morgan fingerprint density at radius 1 is 1.11 bits per heavy atom. The Morgan fingerprint density at radius 2 is 1.74 bits per heavy atom. The Hall–Kier alpha value is -1.09. The van der Waals surface area contributed by atoms with Crippen LogP contribution in [0, 0.1) is 0 Å². The number of hydrogen-bond acceptors (Lipinski definition) is 3. The fourth-order valence-corrected chi connectivity index (χ4v) is 1.73. The van der Waals surface area contributed by atoms with Crippen molar-refractivity contribution in [2.75, 3.05) is 13.4 Å². The Morgan fingerprint density at radius 3 is 2.37 bits per heavy atom. The molecule has 0 saturated carbocycles. The van der Waals surface area contributed by atoms with Gasteiger partial charge >= 0.3 is 5.97 Å². The van der Waals surface area contributed by atoms with Gasteiger partial charge in [0.25, 0.3) is 0 Å². The standard InChI is InChI=1S/C16H28O3/c1-4-6-7-8-9-10-11-12-15(3)16(17)19-14-18-13-5-2/h5H,2-4,6-14H2,1H3. The molecule has 0 aromatic carbocycles. The number of esters is 1. The van der Waals surface area contributed by atoms with Gasteiger partial charge in [0.1, 0.15) is 0 Å². The maximum absolute atomic E-state index is 11.5. The summed E-state index contributed by atoms with van der Waals surface area (Å²) in [5.74, 6) is -0.352. The van der Waals surface area contributed by atoms with Gasteiger partial charge in [-0.05, 0) is 12.8 Å². The number of unbranched alkanes of at least 4 members (excludes halogenated alkanes) is 6. The monoisotopic (exact) mass is 268 g/mol. The number of carbonyl (C=O) groups excluding carboxylic acids is 1. The van der Waals surface area contributed by atoms with Gasteiger partial charge in [-0.1, -0.05) is 58.1 Å². The molecule has 0 unspecified atom stereocenters. The van der Waals surface area contributed by atoms with Gasteiger partial charge in [-0.3, -0.25) is 0 Å². The highest BCUT2D eigenvalue weighted by Gasteiger charge is 2.07. The summed E-state index contributed by atoms with van der Waals surface area (Å²) in [7, 11) is 0. The first-order valence-electron chi connectivity index (χ1n) is 7.25. The van der Waals surface area contributed by atoms with Gasteiger partial charge < -0.3 is 9.47 Å². The van der Waals surface area contributed by atoms with Crippen LogP contribution in [0.1, 0.15) is 58.3 Å². The minimum atomic E-state index is -0.352.